The summed E-state index contributed by atoms with van der Waals surface area (Å²) in [6.07, 6.45) is 5.07. The largest absolute Gasteiger partial charge is 0.481 e. The van der Waals surface area contributed by atoms with Gasteiger partial charge in [0.1, 0.15) is 0 Å². The van der Waals surface area contributed by atoms with E-state index >= 15 is 0 Å². The van der Waals surface area contributed by atoms with E-state index in [2.05, 4.69) is 60.5 Å². The van der Waals surface area contributed by atoms with Gasteiger partial charge in [0, 0.05) is 18.0 Å². The molecule has 3 rings (SSSR count). The monoisotopic (exact) mass is 369 g/mol. The lowest BCUT2D eigenvalue weighted by Gasteiger charge is -2.30. The van der Waals surface area contributed by atoms with Crippen molar-refractivity contribution in [3.63, 3.8) is 0 Å². The van der Waals surface area contributed by atoms with Crippen molar-refractivity contribution in [3.05, 3.63) is 63.4 Å². The average molecular weight is 370 g/mol. The molecule has 1 aliphatic rings. The standard InChI is InChI=1S/C22H27NO2S/c1-16-7-3-4-9-19(16)20(21-17(2)11-14-26-21)10-6-13-23-12-5-8-18(15-23)22(24)25/h3-4,7,9-11,14,18H,5-6,8,12-13,15H2,1-2H3,(H,24,25). The number of carbonyl (C=O) groups is 1. The van der Waals surface area contributed by atoms with E-state index in [1.54, 1.807) is 11.3 Å². The third-order valence-electron chi connectivity index (χ3n) is 5.19. The fourth-order valence-corrected chi connectivity index (χ4v) is 4.68. The second-order valence-corrected chi connectivity index (χ2v) is 8.05. The molecule has 1 unspecified atom stereocenters. The smallest absolute Gasteiger partial charge is 0.307 e. The van der Waals surface area contributed by atoms with Crippen LogP contribution in [0.1, 0.15) is 40.8 Å². The van der Waals surface area contributed by atoms with Gasteiger partial charge in [-0.15, -0.1) is 11.3 Å². The van der Waals surface area contributed by atoms with Crippen LogP contribution in [-0.4, -0.2) is 35.6 Å². The summed E-state index contributed by atoms with van der Waals surface area (Å²) in [7, 11) is 0. The summed E-state index contributed by atoms with van der Waals surface area (Å²) in [5.41, 5.74) is 5.20. The Morgan fingerprint density at radius 2 is 2.08 bits per heavy atom. The van der Waals surface area contributed by atoms with Gasteiger partial charge < -0.3 is 10.0 Å². The molecule has 1 fully saturated rings. The molecule has 3 nitrogen and oxygen atoms in total. The lowest BCUT2D eigenvalue weighted by atomic mass is 9.96. The number of nitrogens with zero attached hydrogens (tertiary/aromatic N) is 1. The van der Waals surface area contributed by atoms with E-state index in [9.17, 15) is 9.90 Å². The van der Waals surface area contributed by atoms with Gasteiger partial charge in [-0.1, -0.05) is 30.3 Å². The summed E-state index contributed by atoms with van der Waals surface area (Å²) in [5.74, 6) is -0.858. The van der Waals surface area contributed by atoms with Gasteiger partial charge in [-0.25, -0.2) is 0 Å². The zero-order chi connectivity index (χ0) is 18.5. The Balaban J connectivity index is 1.77. The quantitative estimate of drug-likeness (QED) is 0.780. The highest BCUT2D eigenvalue weighted by Crippen LogP contribution is 2.32. The van der Waals surface area contributed by atoms with Gasteiger partial charge in [0.15, 0.2) is 0 Å². The number of likely N-dealkylation sites (tertiary alicyclic amines) is 1. The van der Waals surface area contributed by atoms with Crippen molar-refractivity contribution >= 4 is 22.9 Å². The SMILES string of the molecule is Cc1ccccc1C(=CCCN1CCCC(C(=O)O)C1)c1sccc1C. The van der Waals surface area contributed by atoms with E-state index < -0.39 is 5.97 Å². The van der Waals surface area contributed by atoms with Gasteiger partial charge >= 0.3 is 5.97 Å². The Kier molecular flexibility index (Phi) is 6.28. The molecule has 2 aromatic rings. The number of hydrogen-bond acceptors (Lipinski definition) is 3. The maximum atomic E-state index is 11.3. The van der Waals surface area contributed by atoms with Crippen molar-refractivity contribution in [2.45, 2.75) is 33.1 Å². The molecular weight excluding hydrogens is 342 g/mol. The first-order chi connectivity index (χ1) is 12.6. The molecule has 1 N–H and O–H groups in total. The Morgan fingerprint density at radius 1 is 1.27 bits per heavy atom. The van der Waals surface area contributed by atoms with Gasteiger partial charge in [-0.2, -0.15) is 0 Å². The first-order valence-electron chi connectivity index (χ1n) is 9.32. The van der Waals surface area contributed by atoms with Crippen molar-refractivity contribution < 1.29 is 9.90 Å². The summed E-state index contributed by atoms with van der Waals surface area (Å²) < 4.78 is 0. The average Bonchev–Trinajstić information content (AvgIpc) is 3.06. The van der Waals surface area contributed by atoms with Gasteiger partial charge in [-0.3, -0.25) is 4.79 Å². The van der Waals surface area contributed by atoms with Crippen LogP contribution >= 0.6 is 11.3 Å². The highest BCUT2D eigenvalue weighted by molar-refractivity contribution is 7.11. The summed E-state index contributed by atoms with van der Waals surface area (Å²) in [6.45, 7) is 6.94. The molecule has 2 heterocycles. The van der Waals surface area contributed by atoms with Crippen molar-refractivity contribution in [2.24, 2.45) is 5.92 Å². The van der Waals surface area contributed by atoms with Crippen molar-refractivity contribution in [1.82, 2.24) is 4.90 Å². The minimum Gasteiger partial charge on any atom is -0.481 e. The van der Waals surface area contributed by atoms with Crippen molar-refractivity contribution in [2.75, 3.05) is 19.6 Å². The molecule has 1 aromatic carbocycles. The Labute approximate surface area is 160 Å². The number of aryl methyl sites for hydroxylation is 2. The molecule has 1 aliphatic heterocycles. The minimum atomic E-state index is -0.653. The zero-order valence-electron chi connectivity index (χ0n) is 15.6. The van der Waals surface area contributed by atoms with Crippen LogP contribution in [0.25, 0.3) is 5.57 Å². The van der Waals surface area contributed by atoms with Crippen LogP contribution in [0, 0.1) is 19.8 Å². The maximum absolute atomic E-state index is 11.3. The third-order valence-corrected chi connectivity index (χ3v) is 6.24. The Morgan fingerprint density at radius 3 is 2.77 bits per heavy atom. The fraction of sp³-hybridized carbons (Fsp3) is 0.409. The molecule has 0 spiro atoms. The second kappa shape index (κ2) is 8.65. The lowest BCUT2D eigenvalue weighted by molar-refractivity contribution is -0.143. The summed E-state index contributed by atoms with van der Waals surface area (Å²) >= 11 is 1.79. The number of carboxylic acids is 1. The number of carboxylic acid groups (broad SMARTS) is 1. The molecule has 0 aliphatic carbocycles. The van der Waals surface area contributed by atoms with E-state index in [1.807, 2.05) is 0 Å². The maximum Gasteiger partial charge on any atom is 0.307 e. The molecule has 0 amide bonds. The normalized spacial score (nSPS) is 18.8. The van der Waals surface area contributed by atoms with Crippen molar-refractivity contribution in [3.8, 4) is 0 Å². The van der Waals surface area contributed by atoms with Crippen LogP contribution in [0.3, 0.4) is 0 Å². The van der Waals surface area contributed by atoms with Crippen LogP contribution in [0.5, 0.6) is 0 Å². The summed E-state index contributed by atoms with van der Waals surface area (Å²) in [5, 5.41) is 11.4. The predicted octanol–water partition coefficient (Wildman–Crippen LogP) is 4.98. The number of aliphatic carboxylic acids is 1. The molecule has 1 saturated heterocycles. The molecule has 26 heavy (non-hydrogen) atoms. The number of rotatable bonds is 6. The number of thiophene rings is 1. The second-order valence-electron chi connectivity index (χ2n) is 7.13. The van der Waals surface area contributed by atoms with Crippen LogP contribution in [0.2, 0.25) is 0 Å². The Bertz CT molecular complexity index is 793. The molecule has 1 aromatic heterocycles. The number of piperidine rings is 1. The fourth-order valence-electron chi connectivity index (χ4n) is 3.70. The predicted molar refractivity (Wildman–Crippen MR) is 109 cm³/mol. The van der Waals surface area contributed by atoms with Crippen LogP contribution in [0.4, 0.5) is 0 Å². The van der Waals surface area contributed by atoms with Gasteiger partial charge in [0.05, 0.1) is 5.92 Å². The Hall–Kier alpha value is -1.91. The third kappa shape index (κ3) is 4.43. The number of hydrogen-bond donors (Lipinski definition) is 1. The van der Waals surface area contributed by atoms with Gasteiger partial charge in [0.2, 0.25) is 0 Å². The zero-order valence-corrected chi connectivity index (χ0v) is 16.4. The lowest BCUT2D eigenvalue weighted by Crippen LogP contribution is -2.39. The topological polar surface area (TPSA) is 40.5 Å². The van der Waals surface area contributed by atoms with E-state index in [4.69, 9.17) is 0 Å². The van der Waals surface area contributed by atoms with E-state index in [-0.39, 0.29) is 5.92 Å². The van der Waals surface area contributed by atoms with Crippen LogP contribution in [-0.2, 0) is 4.79 Å². The highest BCUT2D eigenvalue weighted by atomic mass is 32.1. The summed E-state index contributed by atoms with van der Waals surface area (Å²) in [6, 6.07) is 10.7. The molecule has 0 saturated carbocycles. The molecule has 0 radical (unpaired) electrons. The first-order valence-corrected chi connectivity index (χ1v) is 10.2. The molecular formula is C22H27NO2S. The minimum absolute atomic E-state index is 0.205. The van der Waals surface area contributed by atoms with E-state index in [0.717, 1.165) is 32.4 Å². The van der Waals surface area contributed by atoms with Crippen LogP contribution < -0.4 is 0 Å². The summed E-state index contributed by atoms with van der Waals surface area (Å²) in [4.78, 5) is 14.9. The highest BCUT2D eigenvalue weighted by Gasteiger charge is 2.24. The molecule has 1 atom stereocenters. The number of benzene rings is 1. The first kappa shape index (κ1) is 18.9. The van der Waals surface area contributed by atoms with E-state index in [0.29, 0.717) is 6.54 Å². The van der Waals surface area contributed by atoms with Crippen molar-refractivity contribution in [1.29, 1.82) is 0 Å². The molecule has 138 valence electrons. The van der Waals surface area contributed by atoms with Gasteiger partial charge in [0.25, 0.3) is 0 Å². The molecule has 4 heteroatoms. The van der Waals surface area contributed by atoms with Gasteiger partial charge in [-0.05, 0) is 73.4 Å². The molecule has 0 bridgehead atoms. The van der Waals surface area contributed by atoms with E-state index in [1.165, 1.54) is 27.1 Å². The van der Waals surface area contributed by atoms with Crippen LogP contribution in [0.15, 0.2) is 41.8 Å².